The molecule has 3 nitrogen and oxygen atoms in total. The van der Waals surface area contributed by atoms with Gasteiger partial charge in [-0.1, -0.05) is 44.8 Å². The Morgan fingerprint density at radius 2 is 1.92 bits per heavy atom. The summed E-state index contributed by atoms with van der Waals surface area (Å²) < 4.78 is 6.17. The lowest BCUT2D eigenvalue weighted by molar-refractivity contribution is -0.137. The van der Waals surface area contributed by atoms with Crippen molar-refractivity contribution in [3.05, 3.63) is 12.2 Å². The monoisotopic (exact) mass is 354 g/mol. The number of ether oxygens (including phenoxy) is 1. The Kier molecular flexibility index (Phi) is 9.26. The molecule has 2 bridgehead atoms. The summed E-state index contributed by atoms with van der Waals surface area (Å²) in [4.78, 5) is 10.5. The first-order valence-corrected chi connectivity index (χ1v) is 10.9. The van der Waals surface area contributed by atoms with Crippen molar-refractivity contribution in [1.82, 2.24) is 0 Å². The molecular weight excluding hydrogens is 320 g/mol. The molecule has 2 saturated heterocycles. The topological polar surface area (TPSA) is 46.5 Å². The average Bonchev–Trinajstić information content (AvgIpc) is 3.15. The van der Waals surface area contributed by atoms with E-state index in [1.807, 2.05) is 0 Å². The number of rotatable bonds is 13. The third kappa shape index (κ3) is 6.44. The maximum absolute atomic E-state index is 10.5. The highest BCUT2D eigenvalue weighted by molar-refractivity contribution is 7.99. The van der Waals surface area contributed by atoms with Gasteiger partial charge in [-0.3, -0.25) is 4.79 Å². The lowest BCUT2D eigenvalue weighted by Crippen LogP contribution is -2.29. The molecule has 0 radical (unpaired) electrons. The predicted molar refractivity (Wildman–Crippen MR) is 102 cm³/mol. The van der Waals surface area contributed by atoms with E-state index in [2.05, 4.69) is 30.8 Å². The number of allylic oxidation sites excluding steroid dienone is 2. The van der Waals surface area contributed by atoms with Crippen LogP contribution in [0.1, 0.15) is 77.6 Å². The smallest absolute Gasteiger partial charge is 0.303 e. The predicted octanol–water partition coefficient (Wildman–Crippen LogP) is 5.44. The standard InChI is InChI=1S/C20H34O3S/c1-2-3-4-7-10-15-24-20-16(17-13-14-18(20)23-17)11-8-5-6-9-12-19(21)22/h5,8,16-18,20H,2-4,6-7,9-15H2,1H3,(H,21,22)/b8-5-/t16-,17+,18-,20+/m0/s1. The number of carboxylic acid groups (broad SMARTS) is 1. The summed E-state index contributed by atoms with van der Waals surface area (Å²) in [5.74, 6) is 1.25. The first-order chi connectivity index (χ1) is 11.7. The van der Waals surface area contributed by atoms with Gasteiger partial charge in [0.2, 0.25) is 0 Å². The number of carboxylic acids is 1. The summed E-state index contributed by atoms with van der Waals surface area (Å²) in [7, 11) is 0. The van der Waals surface area contributed by atoms with Gasteiger partial charge in [0.15, 0.2) is 0 Å². The van der Waals surface area contributed by atoms with Gasteiger partial charge in [-0.05, 0) is 44.3 Å². The molecule has 0 aliphatic carbocycles. The number of carbonyl (C=O) groups is 1. The number of hydrogen-bond acceptors (Lipinski definition) is 3. The van der Waals surface area contributed by atoms with Crippen LogP contribution in [-0.2, 0) is 9.53 Å². The van der Waals surface area contributed by atoms with Crippen LogP contribution in [0.25, 0.3) is 0 Å². The van der Waals surface area contributed by atoms with E-state index in [0.29, 0.717) is 23.4 Å². The molecule has 2 aliphatic rings. The van der Waals surface area contributed by atoms with Crippen LogP contribution in [0.4, 0.5) is 0 Å². The van der Waals surface area contributed by atoms with Crippen LogP contribution < -0.4 is 0 Å². The molecule has 2 rings (SSSR count). The molecule has 4 heteroatoms. The minimum atomic E-state index is -0.694. The Morgan fingerprint density at radius 3 is 2.71 bits per heavy atom. The van der Waals surface area contributed by atoms with Gasteiger partial charge in [-0.15, -0.1) is 0 Å². The molecule has 138 valence electrons. The number of unbranched alkanes of at least 4 members (excludes halogenated alkanes) is 5. The maximum atomic E-state index is 10.5. The molecule has 0 aromatic heterocycles. The molecule has 1 N–H and O–H groups in total. The van der Waals surface area contributed by atoms with E-state index in [9.17, 15) is 4.79 Å². The fraction of sp³-hybridized carbons (Fsp3) is 0.850. The second kappa shape index (κ2) is 11.2. The van der Waals surface area contributed by atoms with Crippen molar-refractivity contribution in [1.29, 1.82) is 0 Å². The Bertz CT molecular complexity index is 396. The lowest BCUT2D eigenvalue weighted by atomic mass is 9.86. The van der Waals surface area contributed by atoms with Crippen molar-refractivity contribution in [2.75, 3.05) is 5.75 Å². The highest BCUT2D eigenvalue weighted by Crippen LogP contribution is 2.46. The van der Waals surface area contributed by atoms with Crippen molar-refractivity contribution >= 4 is 17.7 Å². The SMILES string of the molecule is CCCCCCCS[C@@H]1[C@@H](C/C=C\CCCC(=O)O)[C@H]2CC[C@@H]1O2. The van der Waals surface area contributed by atoms with Crippen molar-refractivity contribution in [2.45, 2.75) is 95.0 Å². The van der Waals surface area contributed by atoms with E-state index in [0.717, 1.165) is 19.3 Å². The van der Waals surface area contributed by atoms with Crippen molar-refractivity contribution in [3.63, 3.8) is 0 Å². The van der Waals surface area contributed by atoms with Gasteiger partial charge in [0.05, 0.1) is 12.2 Å². The van der Waals surface area contributed by atoms with Gasteiger partial charge in [-0.2, -0.15) is 11.8 Å². The fourth-order valence-corrected chi connectivity index (χ4v) is 5.51. The van der Waals surface area contributed by atoms with Crippen molar-refractivity contribution in [2.24, 2.45) is 5.92 Å². The summed E-state index contributed by atoms with van der Waals surface area (Å²) in [6.45, 7) is 2.27. The van der Waals surface area contributed by atoms with Crippen LogP contribution in [0, 0.1) is 5.92 Å². The zero-order valence-electron chi connectivity index (χ0n) is 15.1. The maximum Gasteiger partial charge on any atom is 0.303 e. The van der Waals surface area contributed by atoms with Crippen LogP contribution in [-0.4, -0.2) is 34.3 Å². The zero-order chi connectivity index (χ0) is 17.2. The number of fused-ring (bicyclic) bond motifs is 2. The number of hydrogen-bond donors (Lipinski definition) is 1. The summed E-state index contributed by atoms with van der Waals surface area (Å²) in [5.41, 5.74) is 0. The fourth-order valence-electron chi connectivity index (χ4n) is 3.92. The molecule has 0 aromatic carbocycles. The summed E-state index contributed by atoms with van der Waals surface area (Å²) in [5, 5.41) is 9.34. The first kappa shape index (κ1) is 19.8. The molecule has 2 fully saturated rings. The Hall–Kier alpha value is -0.480. The van der Waals surface area contributed by atoms with Crippen molar-refractivity contribution in [3.8, 4) is 0 Å². The van der Waals surface area contributed by atoms with E-state index in [1.165, 1.54) is 50.7 Å². The summed E-state index contributed by atoms with van der Waals surface area (Å²) >= 11 is 2.15. The highest BCUT2D eigenvalue weighted by Gasteiger charge is 2.48. The third-order valence-electron chi connectivity index (χ3n) is 5.25. The zero-order valence-corrected chi connectivity index (χ0v) is 15.9. The van der Waals surface area contributed by atoms with Gasteiger partial charge < -0.3 is 9.84 Å². The largest absolute Gasteiger partial charge is 0.481 e. The molecule has 0 saturated carbocycles. The second-order valence-corrected chi connectivity index (χ2v) is 8.48. The van der Waals surface area contributed by atoms with Gasteiger partial charge in [0.1, 0.15) is 0 Å². The van der Waals surface area contributed by atoms with Crippen LogP contribution in [0.5, 0.6) is 0 Å². The minimum absolute atomic E-state index is 0.276. The number of aliphatic carboxylic acids is 1. The quantitative estimate of drug-likeness (QED) is 0.353. The molecule has 24 heavy (non-hydrogen) atoms. The molecule has 0 spiro atoms. The minimum Gasteiger partial charge on any atom is -0.481 e. The van der Waals surface area contributed by atoms with E-state index < -0.39 is 5.97 Å². The second-order valence-electron chi connectivity index (χ2n) is 7.20. The van der Waals surface area contributed by atoms with Crippen LogP contribution in [0.2, 0.25) is 0 Å². The van der Waals surface area contributed by atoms with Crippen LogP contribution in [0.15, 0.2) is 12.2 Å². The molecule has 2 aliphatic heterocycles. The van der Waals surface area contributed by atoms with Gasteiger partial charge in [0, 0.05) is 17.6 Å². The average molecular weight is 355 g/mol. The highest BCUT2D eigenvalue weighted by atomic mass is 32.2. The molecule has 4 atom stereocenters. The van der Waals surface area contributed by atoms with E-state index >= 15 is 0 Å². The molecule has 0 aromatic rings. The van der Waals surface area contributed by atoms with E-state index in [1.54, 1.807) is 0 Å². The van der Waals surface area contributed by atoms with E-state index in [4.69, 9.17) is 9.84 Å². The number of thioether (sulfide) groups is 1. The Balaban J connectivity index is 1.65. The lowest BCUT2D eigenvalue weighted by Gasteiger charge is -2.26. The molecule has 0 amide bonds. The van der Waals surface area contributed by atoms with Crippen LogP contribution in [0.3, 0.4) is 0 Å². The van der Waals surface area contributed by atoms with Gasteiger partial charge in [0.25, 0.3) is 0 Å². The van der Waals surface area contributed by atoms with Crippen molar-refractivity contribution < 1.29 is 14.6 Å². The van der Waals surface area contributed by atoms with Gasteiger partial charge >= 0.3 is 5.97 Å². The third-order valence-corrected chi connectivity index (χ3v) is 6.81. The summed E-state index contributed by atoms with van der Waals surface area (Å²) in [6, 6.07) is 0. The Labute approximate surface area is 151 Å². The van der Waals surface area contributed by atoms with Crippen LogP contribution >= 0.6 is 11.8 Å². The van der Waals surface area contributed by atoms with Gasteiger partial charge in [-0.25, -0.2) is 0 Å². The summed E-state index contributed by atoms with van der Waals surface area (Å²) in [6.07, 6.45) is 17.7. The molecular formula is C20H34O3S. The normalized spacial score (nSPS) is 28.9. The first-order valence-electron chi connectivity index (χ1n) is 9.86. The Morgan fingerprint density at radius 1 is 1.12 bits per heavy atom. The molecule has 2 heterocycles. The van der Waals surface area contributed by atoms with E-state index in [-0.39, 0.29) is 6.42 Å². The molecule has 0 unspecified atom stereocenters.